The number of hydrogen-bond acceptors (Lipinski definition) is 10. The Balaban J connectivity index is 1.86. The van der Waals surface area contributed by atoms with Crippen LogP contribution in [0.3, 0.4) is 0 Å². The molecule has 0 spiro atoms. The monoisotopic (exact) mass is 500 g/mol. The molecule has 11 heteroatoms. The number of anilines is 2. The van der Waals surface area contributed by atoms with Gasteiger partial charge in [0.1, 0.15) is 22.8 Å². The van der Waals surface area contributed by atoms with Gasteiger partial charge in [0.25, 0.3) is 0 Å². The van der Waals surface area contributed by atoms with E-state index >= 15 is 0 Å². The largest absolute Gasteiger partial charge is 0.478 e. The second-order valence-corrected chi connectivity index (χ2v) is 12.2. The highest BCUT2D eigenvalue weighted by molar-refractivity contribution is 7.92. The fourth-order valence-corrected chi connectivity index (χ4v) is 5.24. The van der Waals surface area contributed by atoms with Crippen molar-refractivity contribution >= 4 is 59.8 Å². The maximum absolute atomic E-state index is 13.5. The molecule has 2 aromatic carbocycles. The summed E-state index contributed by atoms with van der Waals surface area (Å²) in [5.74, 6) is -0.173. The predicted octanol–water partition coefficient (Wildman–Crippen LogP) is 4.50. The van der Waals surface area contributed by atoms with Crippen molar-refractivity contribution in [2.24, 2.45) is 0 Å². The number of carbonyl (C=O) groups is 1. The number of nitrogens with zero attached hydrogens (tertiary/aromatic N) is 3. The Kier molecular flexibility index (Phi) is 6.17. The average molecular weight is 501 g/mol. The van der Waals surface area contributed by atoms with Crippen LogP contribution >= 0.6 is 11.3 Å². The number of esters is 1. The highest BCUT2D eigenvalue weighted by Crippen LogP contribution is 2.37. The van der Waals surface area contributed by atoms with Crippen molar-refractivity contribution in [2.45, 2.75) is 43.4 Å². The SMILES string of the molecule is COC(=O)C(C)Oc1cc2ncnc(Nc3ccc4scnc4c3)c2cc1S(=O)(=O)C(C)(C)C. The molecule has 0 fully saturated rings. The van der Waals surface area contributed by atoms with E-state index in [-0.39, 0.29) is 10.6 Å². The van der Waals surface area contributed by atoms with Crippen LogP contribution in [0.1, 0.15) is 27.7 Å². The van der Waals surface area contributed by atoms with E-state index in [1.165, 1.54) is 32.5 Å². The molecule has 0 bridgehead atoms. The van der Waals surface area contributed by atoms with Crippen molar-refractivity contribution in [3.63, 3.8) is 0 Å². The van der Waals surface area contributed by atoms with Gasteiger partial charge in [-0.15, -0.1) is 11.3 Å². The maximum atomic E-state index is 13.5. The van der Waals surface area contributed by atoms with Gasteiger partial charge in [0.05, 0.1) is 33.1 Å². The summed E-state index contributed by atoms with van der Waals surface area (Å²) >= 11 is 1.54. The molecule has 34 heavy (non-hydrogen) atoms. The first-order valence-electron chi connectivity index (χ1n) is 10.4. The second kappa shape index (κ2) is 8.80. The second-order valence-electron chi connectivity index (χ2n) is 8.60. The van der Waals surface area contributed by atoms with E-state index in [0.29, 0.717) is 16.7 Å². The van der Waals surface area contributed by atoms with Gasteiger partial charge in [-0.3, -0.25) is 0 Å². The Morgan fingerprint density at radius 2 is 1.85 bits per heavy atom. The van der Waals surface area contributed by atoms with Gasteiger partial charge in [0.2, 0.25) is 0 Å². The average Bonchev–Trinajstić information content (AvgIpc) is 3.25. The molecule has 1 atom stereocenters. The van der Waals surface area contributed by atoms with Crippen molar-refractivity contribution < 1.29 is 22.7 Å². The van der Waals surface area contributed by atoms with Gasteiger partial charge in [0, 0.05) is 17.1 Å². The minimum absolute atomic E-state index is 0.0221. The highest BCUT2D eigenvalue weighted by atomic mass is 32.2. The lowest BCUT2D eigenvalue weighted by molar-refractivity contribution is -0.148. The van der Waals surface area contributed by atoms with Gasteiger partial charge in [-0.1, -0.05) is 0 Å². The number of ether oxygens (including phenoxy) is 2. The van der Waals surface area contributed by atoms with Crippen molar-refractivity contribution in [1.82, 2.24) is 15.0 Å². The zero-order valence-corrected chi connectivity index (χ0v) is 21.0. The van der Waals surface area contributed by atoms with E-state index in [1.54, 1.807) is 37.6 Å². The number of hydrogen-bond donors (Lipinski definition) is 1. The van der Waals surface area contributed by atoms with Gasteiger partial charge < -0.3 is 14.8 Å². The van der Waals surface area contributed by atoms with Crippen LogP contribution in [0.25, 0.3) is 21.1 Å². The number of fused-ring (bicyclic) bond motifs is 2. The summed E-state index contributed by atoms with van der Waals surface area (Å²) in [4.78, 5) is 24.8. The van der Waals surface area contributed by atoms with Crippen molar-refractivity contribution in [3.05, 3.63) is 42.2 Å². The number of aromatic nitrogens is 3. The molecule has 2 heterocycles. The van der Waals surface area contributed by atoms with E-state index in [9.17, 15) is 13.2 Å². The van der Waals surface area contributed by atoms with E-state index in [1.807, 2.05) is 18.2 Å². The fraction of sp³-hybridized carbons (Fsp3) is 0.304. The van der Waals surface area contributed by atoms with Gasteiger partial charge >= 0.3 is 5.97 Å². The van der Waals surface area contributed by atoms with Crippen molar-refractivity contribution in [3.8, 4) is 5.75 Å². The smallest absolute Gasteiger partial charge is 0.346 e. The number of sulfone groups is 1. The summed E-state index contributed by atoms with van der Waals surface area (Å²) in [6, 6.07) is 8.73. The minimum atomic E-state index is -3.86. The fourth-order valence-electron chi connectivity index (χ4n) is 3.27. The summed E-state index contributed by atoms with van der Waals surface area (Å²) in [7, 11) is -2.62. The Morgan fingerprint density at radius 3 is 2.56 bits per heavy atom. The summed E-state index contributed by atoms with van der Waals surface area (Å²) < 4.78 is 37.3. The number of benzene rings is 2. The molecular weight excluding hydrogens is 476 g/mol. The summed E-state index contributed by atoms with van der Waals surface area (Å²) in [5, 5.41) is 3.73. The Morgan fingerprint density at radius 1 is 1.09 bits per heavy atom. The Labute approximate surface area is 201 Å². The molecule has 9 nitrogen and oxygen atoms in total. The number of thiazole rings is 1. The van der Waals surface area contributed by atoms with E-state index in [0.717, 1.165) is 15.9 Å². The van der Waals surface area contributed by atoms with Crippen LogP contribution in [0.2, 0.25) is 0 Å². The van der Waals surface area contributed by atoms with Crippen LogP contribution in [0.5, 0.6) is 5.75 Å². The lowest BCUT2D eigenvalue weighted by atomic mass is 10.2. The van der Waals surface area contributed by atoms with Gasteiger partial charge in [-0.25, -0.2) is 28.2 Å². The van der Waals surface area contributed by atoms with Crippen molar-refractivity contribution in [2.75, 3.05) is 12.4 Å². The van der Waals surface area contributed by atoms with Crippen LogP contribution in [0.15, 0.2) is 47.1 Å². The number of rotatable bonds is 6. The molecule has 1 N–H and O–H groups in total. The Hall–Kier alpha value is -3.31. The third kappa shape index (κ3) is 4.40. The van der Waals surface area contributed by atoms with E-state index in [2.05, 4.69) is 20.3 Å². The van der Waals surface area contributed by atoms with Gasteiger partial charge in [-0.05, 0) is 52.0 Å². The van der Waals surface area contributed by atoms with Crippen LogP contribution in [-0.4, -0.2) is 47.3 Å². The van der Waals surface area contributed by atoms with Crippen LogP contribution in [0, 0.1) is 0 Å². The molecular formula is C23H24N4O5S2. The number of carbonyl (C=O) groups excluding carboxylic acids is 1. The molecule has 1 unspecified atom stereocenters. The molecule has 4 rings (SSSR count). The van der Waals surface area contributed by atoms with Gasteiger partial charge in [-0.2, -0.15) is 0 Å². The summed E-state index contributed by atoms with van der Waals surface area (Å²) in [5.41, 5.74) is 3.82. The zero-order valence-electron chi connectivity index (χ0n) is 19.3. The molecule has 0 radical (unpaired) electrons. The first-order valence-corrected chi connectivity index (χ1v) is 12.8. The topological polar surface area (TPSA) is 120 Å². The molecule has 4 aromatic rings. The minimum Gasteiger partial charge on any atom is -0.478 e. The molecule has 0 amide bonds. The lowest BCUT2D eigenvalue weighted by Gasteiger charge is -2.23. The third-order valence-corrected chi connectivity index (χ3v) is 8.55. The standard InChI is InChI=1S/C23H24N4O5S2/c1-13(22(28)31-5)32-18-10-16-15(9-20(18)34(29,30)23(2,3)4)21(25-11-24-16)27-14-6-7-19-17(8-14)26-12-33-19/h6-13H,1-5H3,(H,24,25,27). The van der Waals surface area contributed by atoms with E-state index < -0.39 is 26.7 Å². The van der Waals surface area contributed by atoms with Crippen LogP contribution in [0.4, 0.5) is 11.5 Å². The third-order valence-electron chi connectivity index (χ3n) is 5.23. The highest BCUT2D eigenvalue weighted by Gasteiger charge is 2.35. The molecule has 0 aliphatic heterocycles. The predicted molar refractivity (Wildman–Crippen MR) is 131 cm³/mol. The summed E-state index contributed by atoms with van der Waals surface area (Å²) in [6.45, 7) is 6.29. The summed E-state index contributed by atoms with van der Waals surface area (Å²) in [6.07, 6.45) is 0.359. The molecule has 0 saturated carbocycles. The van der Waals surface area contributed by atoms with Crippen molar-refractivity contribution in [1.29, 1.82) is 0 Å². The maximum Gasteiger partial charge on any atom is 0.346 e. The van der Waals surface area contributed by atoms with Crippen LogP contribution < -0.4 is 10.1 Å². The van der Waals surface area contributed by atoms with E-state index in [4.69, 9.17) is 9.47 Å². The normalized spacial score (nSPS) is 13.1. The van der Waals surface area contributed by atoms with Crippen LogP contribution in [-0.2, 0) is 19.4 Å². The first-order chi connectivity index (χ1) is 16.0. The number of methoxy groups -OCH3 is 1. The van der Waals surface area contributed by atoms with Gasteiger partial charge in [0.15, 0.2) is 15.9 Å². The molecule has 178 valence electrons. The quantitative estimate of drug-likeness (QED) is 0.382. The molecule has 2 aromatic heterocycles. The molecule has 0 aliphatic carbocycles. The number of nitrogens with one attached hydrogen (secondary N) is 1. The first kappa shape index (κ1) is 23.8. The Bertz CT molecular complexity index is 1490. The zero-order chi connectivity index (χ0) is 24.7. The molecule has 0 aliphatic rings. The lowest BCUT2D eigenvalue weighted by Crippen LogP contribution is -2.30. The molecule has 0 saturated heterocycles.